The Labute approximate surface area is 164 Å². The summed E-state index contributed by atoms with van der Waals surface area (Å²) in [5.41, 5.74) is 2.81. The Kier molecular flexibility index (Phi) is 5.78. The van der Waals surface area contributed by atoms with Crippen LogP contribution in [-0.2, 0) is 11.3 Å². The van der Waals surface area contributed by atoms with E-state index in [1.807, 2.05) is 23.8 Å². The molecule has 0 radical (unpaired) electrons. The highest BCUT2D eigenvalue weighted by molar-refractivity contribution is 7.13. The van der Waals surface area contributed by atoms with Gasteiger partial charge in [0.25, 0.3) is 5.91 Å². The van der Waals surface area contributed by atoms with Crippen molar-refractivity contribution in [1.82, 2.24) is 14.9 Å². The number of aryl methyl sites for hydroxylation is 1. The number of carbonyl (C=O) groups excluding carboxylic acids is 1. The number of carbonyl (C=O) groups is 1. The van der Waals surface area contributed by atoms with Gasteiger partial charge in [-0.2, -0.15) is 0 Å². The number of nitrogens with zero attached hydrogens (tertiary/aromatic N) is 3. The van der Waals surface area contributed by atoms with Crippen molar-refractivity contribution < 1.29 is 9.53 Å². The van der Waals surface area contributed by atoms with Gasteiger partial charge in [-0.25, -0.2) is 4.98 Å². The van der Waals surface area contributed by atoms with Crippen LogP contribution in [0.1, 0.15) is 53.8 Å². The second kappa shape index (κ2) is 8.44. The molecule has 1 atom stereocenters. The highest BCUT2D eigenvalue weighted by Crippen LogP contribution is 2.25. The summed E-state index contributed by atoms with van der Waals surface area (Å²) < 4.78 is 7.49. The second-order valence-electron chi connectivity index (χ2n) is 7.59. The third-order valence-corrected chi connectivity index (χ3v) is 6.21. The molecule has 0 saturated carbocycles. The Bertz CT molecular complexity index is 773. The molecule has 2 fully saturated rings. The fourth-order valence-electron chi connectivity index (χ4n) is 3.87. The maximum Gasteiger partial charge on any atom is 0.268 e. The van der Waals surface area contributed by atoms with Crippen LogP contribution >= 0.6 is 11.3 Å². The predicted molar refractivity (Wildman–Crippen MR) is 108 cm³/mol. The van der Waals surface area contributed by atoms with E-state index in [-0.39, 0.29) is 11.9 Å². The van der Waals surface area contributed by atoms with Crippen molar-refractivity contribution in [1.29, 1.82) is 0 Å². The summed E-state index contributed by atoms with van der Waals surface area (Å²) in [7, 11) is 0. The lowest BCUT2D eigenvalue weighted by Crippen LogP contribution is -2.41. The molecular formula is C20H28N4O2S. The molecule has 6 nitrogen and oxygen atoms in total. The normalized spacial score (nSPS) is 20.6. The molecule has 2 saturated heterocycles. The number of nitrogens with one attached hydrogen (secondary N) is 1. The zero-order chi connectivity index (χ0) is 18.6. The zero-order valence-electron chi connectivity index (χ0n) is 15.9. The maximum absolute atomic E-state index is 12.8. The Balaban J connectivity index is 1.44. The Hall–Kier alpha value is -1.86. The van der Waals surface area contributed by atoms with Gasteiger partial charge in [0.2, 0.25) is 0 Å². The molecule has 1 N–H and O–H groups in total. The van der Waals surface area contributed by atoms with E-state index in [9.17, 15) is 4.79 Å². The predicted octanol–water partition coefficient (Wildman–Crippen LogP) is 3.20. The van der Waals surface area contributed by atoms with Crippen LogP contribution in [0.3, 0.4) is 0 Å². The molecule has 1 unspecified atom stereocenters. The first-order valence-corrected chi connectivity index (χ1v) is 10.8. The van der Waals surface area contributed by atoms with Crippen LogP contribution in [-0.4, -0.2) is 47.8 Å². The molecule has 0 aromatic carbocycles. The van der Waals surface area contributed by atoms with Crippen molar-refractivity contribution >= 4 is 22.4 Å². The second-order valence-corrected chi connectivity index (χ2v) is 8.42. The molecule has 0 bridgehead atoms. The fourth-order valence-corrected chi connectivity index (χ4v) is 4.74. The van der Waals surface area contributed by atoms with E-state index in [1.165, 1.54) is 19.3 Å². The smallest absolute Gasteiger partial charge is 0.268 e. The number of piperidine rings is 1. The van der Waals surface area contributed by atoms with Crippen LogP contribution < -0.4 is 10.2 Å². The molecule has 1 amide bonds. The number of ether oxygens (including phenoxy) is 1. The summed E-state index contributed by atoms with van der Waals surface area (Å²) in [6.45, 7) is 6.26. The third kappa shape index (κ3) is 4.52. The Morgan fingerprint density at radius 2 is 2.19 bits per heavy atom. The molecule has 0 aliphatic carbocycles. The molecular weight excluding hydrogens is 360 g/mol. The minimum atomic E-state index is -0.0231. The summed E-state index contributed by atoms with van der Waals surface area (Å²) in [5.74, 6) is -0.0231. The van der Waals surface area contributed by atoms with E-state index in [0.717, 1.165) is 48.9 Å². The van der Waals surface area contributed by atoms with Gasteiger partial charge in [-0.05, 0) is 50.7 Å². The summed E-state index contributed by atoms with van der Waals surface area (Å²) >= 11 is 1.71. The number of rotatable bonds is 5. The van der Waals surface area contributed by atoms with Crippen molar-refractivity contribution in [3.63, 3.8) is 0 Å². The van der Waals surface area contributed by atoms with E-state index in [4.69, 9.17) is 9.72 Å². The lowest BCUT2D eigenvalue weighted by atomic mass is 10.1. The highest BCUT2D eigenvalue weighted by atomic mass is 32.1. The van der Waals surface area contributed by atoms with Crippen molar-refractivity contribution in [2.24, 2.45) is 0 Å². The van der Waals surface area contributed by atoms with E-state index in [0.29, 0.717) is 18.8 Å². The molecule has 2 aromatic rings. The van der Waals surface area contributed by atoms with Crippen LogP contribution in [0.25, 0.3) is 0 Å². The lowest BCUT2D eigenvalue weighted by Gasteiger charge is -2.25. The van der Waals surface area contributed by atoms with Gasteiger partial charge in [-0.1, -0.05) is 0 Å². The van der Waals surface area contributed by atoms with Gasteiger partial charge < -0.3 is 19.5 Å². The molecule has 146 valence electrons. The molecule has 27 heavy (non-hydrogen) atoms. The number of anilines is 1. The van der Waals surface area contributed by atoms with Crippen LogP contribution in [0, 0.1) is 6.92 Å². The van der Waals surface area contributed by atoms with Crippen LogP contribution in [0.15, 0.2) is 17.6 Å². The van der Waals surface area contributed by atoms with Gasteiger partial charge in [0.15, 0.2) is 5.13 Å². The van der Waals surface area contributed by atoms with Crippen molar-refractivity contribution in [2.75, 3.05) is 31.2 Å². The largest absolute Gasteiger partial charge is 0.379 e. The van der Waals surface area contributed by atoms with Crippen molar-refractivity contribution in [3.8, 4) is 0 Å². The van der Waals surface area contributed by atoms with Gasteiger partial charge >= 0.3 is 0 Å². The molecule has 2 aliphatic rings. The van der Waals surface area contributed by atoms with E-state index in [2.05, 4.69) is 15.6 Å². The first-order chi connectivity index (χ1) is 13.2. The third-order valence-electron chi connectivity index (χ3n) is 5.26. The minimum absolute atomic E-state index is 0.0231. The van der Waals surface area contributed by atoms with Crippen LogP contribution in [0.5, 0.6) is 0 Å². The topological polar surface area (TPSA) is 59.4 Å². The average Bonchev–Trinajstić information content (AvgIpc) is 3.30. The first kappa shape index (κ1) is 18.5. The van der Waals surface area contributed by atoms with Crippen molar-refractivity contribution in [3.05, 3.63) is 34.6 Å². The number of hydrogen-bond acceptors (Lipinski definition) is 5. The monoisotopic (exact) mass is 388 g/mol. The Morgan fingerprint density at radius 1 is 1.33 bits per heavy atom. The quantitative estimate of drug-likeness (QED) is 0.855. The minimum Gasteiger partial charge on any atom is -0.379 e. The van der Waals surface area contributed by atoms with Gasteiger partial charge in [0, 0.05) is 31.3 Å². The van der Waals surface area contributed by atoms with Gasteiger partial charge in [0.05, 0.1) is 24.9 Å². The highest BCUT2D eigenvalue weighted by Gasteiger charge is 2.20. The molecule has 2 aliphatic heterocycles. The van der Waals surface area contributed by atoms with Crippen LogP contribution in [0.2, 0.25) is 0 Å². The van der Waals surface area contributed by atoms with Crippen LogP contribution in [0.4, 0.5) is 5.13 Å². The maximum atomic E-state index is 12.8. The summed E-state index contributed by atoms with van der Waals surface area (Å²) in [5, 5.41) is 6.35. The van der Waals surface area contributed by atoms with Gasteiger partial charge in [-0.15, -0.1) is 11.3 Å². The SMILES string of the molecule is Cc1cc(C(=O)NC2CCCOC2)n(Cc2csc(N3CCCCC3)n2)c1. The number of thiazole rings is 1. The standard InChI is InChI=1S/C20H28N4O2S/c1-15-10-18(19(25)21-16-6-5-9-26-13-16)24(11-15)12-17-14-27-20(22-17)23-7-3-2-4-8-23/h10-11,14,16H,2-9,12-13H2,1H3,(H,21,25). The van der Waals surface area contributed by atoms with E-state index >= 15 is 0 Å². The first-order valence-electron chi connectivity index (χ1n) is 9.94. The number of aromatic nitrogens is 2. The summed E-state index contributed by atoms with van der Waals surface area (Å²) in [4.78, 5) is 20.0. The molecule has 4 rings (SSSR count). The molecule has 2 aromatic heterocycles. The molecule has 7 heteroatoms. The lowest BCUT2D eigenvalue weighted by molar-refractivity contribution is 0.0620. The number of amides is 1. The van der Waals surface area contributed by atoms with Gasteiger partial charge in [-0.3, -0.25) is 4.79 Å². The van der Waals surface area contributed by atoms with Gasteiger partial charge in [0.1, 0.15) is 5.69 Å². The molecule has 4 heterocycles. The fraction of sp³-hybridized carbons (Fsp3) is 0.600. The van der Waals surface area contributed by atoms with Crippen molar-refractivity contribution in [2.45, 2.75) is 51.6 Å². The molecule has 0 spiro atoms. The van der Waals surface area contributed by atoms with E-state index < -0.39 is 0 Å². The number of hydrogen-bond donors (Lipinski definition) is 1. The summed E-state index contributed by atoms with van der Waals surface area (Å²) in [6, 6.07) is 2.07. The zero-order valence-corrected chi connectivity index (χ0v) is 16.8. The van der Waals surface area contributed by atoms with E-state index in [1.54, 1.807) is 11.3 Å². The average molecular weight is 389 g/mol. The summed E-state index contributed by atoms with van der Waals surface area (Å²) in [6.07, 6.45) is 7.84. The Morgan fingerprint density at radius 3 is 2.96 bits per heavy atom.